The van der Waals surface area contributed by atoms with E-state index in [4.69, 9.17) is 4.74 Å². The topological polar surface area (TPSA) is 21.3 Å². The Morgan fingerprint density at radius 1 is 1.47 bits per heavy atom. The molecule has 1 aromatic carbocycles. The third kappa shape index (κ3) is 2.05. The van der Waals surface area contributed by atoms with Crippen LogP contribution < -0.4 is 5.32 Å². The summed E-state index contributed by atoms with van der Waals surface area (Å²) in [4.78, 5) is 0. The fraction of sp³-hybridized carbons (Fsp3) is 0.385. The normalized spacial score (nSPS) is 19.5. The maximum Gasteiger partial charge on any atom is 0.113 e. The predicted octanol–water partition coefficient (Wildman–Crippen LogP) is 2.77. The van der Waals surface area contributed by atoms with Gasteiger partial charge in [-0.1, -0.05) is 37.8 Å². The third-order valence-corrected chi connectivity index (χ3v) is 2.70. The van der Waals surface area contributed by atoms with Crippen LogP contribution in [0, 0.1) is 0 Å². The molecule has 0 spiro atoms. The number of benzene rings is 1. The Morgan fingerprint density at radius 2 is 2.27 bits per heavy atom. The molecule has 2 rings (SSSR count). The highest BCUT2D eigenvalue weighted by atomic mass is 16.5. The van der Waals surface area contributed by atoms with Crippen LogP contribution in [0.15, 0.2) is 36.6 Å². The van der Waals surface area contributed by atoms with Crippen LogP contribution in [-0.2, 0) is 11.3 Å². The fourth-order valence-corrected chi connectivity index (χ4v) is 1.89. The van der Waals surface area contributed by atoms with Gasteiger partial charge in [0.25, 0.3) is 0 Å². The van der Waals surface area contributed by atoms with Crippen LogP contribution in [0.1, 0.15) is 30.5 Å². The molecule has 2 nitrogen and oxygen atoms in total. The molecule has 1 aliphatic rings. The molecule has 1 heterocycles. The number of hydrogen-bond donors (Lipinski definition) is 1. The number of hydrogen-bond acceptors (Lipinski definition) is 2. The molecule has 1 unspecified atom stereocenters. The summed E-state index contributed by atoms with van der Waals surface area (Å²) in [5.74, 6) is 0.835. The van der Waals surface area contributed by atoms with E-state index in [2.05, 4.69) is 37.0 Å². The van der Waals surface area contributed by atoms with Gasteiger partial charge in [0.1, 0.15) is 12.4 Å². The minimum absolute atomic E-state index is 0.162. The summed E-state index contributed by atoms with van der Waals surface area (Å²) in [6.45, 7) is 7.76. The zero-order valence-corrected chi connectivity index (χ0v) is 9.12. The third-order valence-electron chi connectivity index (χ3n) is 2.70. The SMILES string of the molecule is C=C1OCc2ccccc2C1NCCC. The van der Waals surface area contributed by atoms with E-state index in [0.717, 1.165) is 18.7 Å². The highest BCUT2D eigenvalue weighted by Crippen LogP contribution is 2.30. The number of rotatable bonds is 3. The van der Waals surface area contributed by atoms with Crippen molar-refractivity contribution in [3.8, 4) is 0 Å². The van der Waals surface area contributed by atoms with Crippen molar-refractivity contribution < 1.29 is 4.74 Å². The number of ether oxygens (including phenoxy) is 1. The van der Waals surface area contributed by atoms with Crippen LogP contribution in [0.3, 0.4) is 0 Å². The summed E-state index contributed by atoms with van der Waals surface area (Å²) in [5.41, 5.74) is 2.57. The van der Waals surface area contributed by atoms with Gasteiger partial charge in [-0.15, -0.1) is 0 Å². The average Bonchev–Trinajstić information content (AvgIpc) is 2.28. The van der Waals surface area contributed by atoms with Gasteiger partial charge in [0.2, 0.25) is 0 Å². The van der Waals surface area contributed by atoms with Gasteiger partial charge in [0, 0.05) is 0 Å². The number of fused-ring (bicyclic) bond motifs is 1. The first-order valence-electron chi connectivity index (χ1n) is 5.45. The second-order valence-corrected chi connectivity index (χ2v) is 3.84. The number of nitrogens with one attached hydrogen (secondary N) is 1. The molecule has 2 heteroatoms. The molecule has 0 saturated carbocycles. The molecule has 1 N–H and O–H groups in total. The Balaban J connectivity index is 2.25. The standard InChI is InChI=1S/C13H17NO/c1-3-8-14-13-10(2)15-9-11-6-4-5-7-12(11)13/h4-7,13-14H,2-3,8-9H2,1H3. The highest BCUT2D eigenvalue weighted by molar-refractivity contribution is 5.35. The van der Waals surface area contributed by atoms with Crippen LogP contribution in [0.25, 0.3) is 0 Å². The van der Waals surface area contributed by atoms with E-state index in [9.17, 15) is 0 Å². The van der Waals surface area contributed by atoms with Crippen molar-refractivity contribution in [2.45, 2.75) is 26.0 Å². The van der Waals surface area contributed by atoms with Crippen molar-refractivity contribution in [2.24, 2.45) is 0 Å². The first-order chi connectivity index (χ1) is 7.33. The van der Waals surface area contributed by atoms with Gasteiger partial charge in [-0.2, -0.15) is 0 Å². The molecule has 0 bridgehead atoms. The maximum absolute atomic E-state index is 5.56. The van der Waals surface area contributed by atoms with E-state index in [1.54, 1.807) is 0 Å². The molecule has 0 radical (unpaired) electrons. The van der Waals surface area contributed by atoms with E-state index >= 15 is 0 Å². The Kier molecular flexibility index (Phi) is 3.07. The quantitative estimate of drug-likeness (QED) is 0.815. The summed E-state index contributed by atoms with van der Waals surface area (Å²) in [6.07, 6.45) is 1.12. The van der Waals surface area contributed by atoms with Crippen LogP contribution in [-0.4, -0.2) is 6.54 Å². The fourth-order valence-electron chi connectivity index (χ4n) is 1.89. The predicted molar refractivity (Wildman–Crippen MR) is 61.4 cm³/mol. The van der Waals surface area contributed by atoms with Crippen molar-refractivity contribution in [2.75, 3.05) is 6.54 Å². The van der Waals surface area contributed by atoms with Crippen LogP contribution >= 0.6 is 0 Å². The van der Waals surface area contributed by atoms with Gasteiger partial charge < -0.3 is 10.1 Å². The summed E-state index contributed by atoms with van der Waals surface area (Å²) in [5, 5.41) is 3.45. The van der Waals surface area contributed by atoms with Gasteiger partial charge in [0.05, 0.1) is 6.04 Å². The molecule has 80 valence electrons. The van der Waals surface area contributed by atoms with Gasteiger partial charge in [-0.3, -0.25) is 0 Å². The molecule has 15 heavy (non-hydrogen) atoms. The van der Waals surface area contributed by atoms with Crippen molar-refractivity contribution in [1.29, 1.82) is 0 Å². The van der Waals surface area contributed by atoms with E-state index in [-0.39, 0.29) is 6.04 Å². The summed E-state index contributed by atoms with van der Waals surface area (Å²) in [7, 11) is 0. The second kappa shape index (κ2) is 4.49. The van der Waals surface area contributed by atoms with Crippen molar-refractivity contribution in [3.63, 3.8) is 0 Å². The van der Waals surface area contributed by atoms with Crippen molar-refractivity contribution in [3.05, 3.63) is 47.7 Å². The monoisotopic (exact) mass is 203 g/mol. The van der Waals surface area contributed by atoms with Gasteiger partial charge in [-0.05, 0) is 24.1 Å². The first kappa shape index (κ1) is 10.2. The Morgan fingerprint density at radius 3 is 3.07 bits per heavy atom. The van der Waals surface area contributed by atoms with Gasteiger partial charge in [0.15, 0.2) is 0 Å². The van der Waals surface area contributed by atoms with Gasteiger partial charge >= 0.3 is 0 Å². The zero-order chi connectivity index (χ0) is 10.7. The van der Waals surface area contributed by atoms with Crippen molar-refractivity contribution in [1.82, 2.24) is 5.32 Å². The Labute approximate surface area is 91.0 Å². The van der Waals surface area contributed by atoms with Crippen LogP contribution in [0.5, 0.6) is 0 Å². The minimum Gasteiger partial charge on any atom is -0.492 e. The highest BCUT2D eigenvalue weighted by Gasteiger charge is 2.23. The minimum atomic E-state index is 0.162. The second-order valence-electron chi connectivity index (χ2n) is 3.84. The molecule has 0 aliphatic carbocycles. The molecule has 1 atom stereocenters. The van der Waals surface area contributed by atoms with Crippen molar-refractivity contribution >= 4 is 0 Å². The smallest absolute Gasteiger partial charge is 0.113 e. The van der Waals surface area contributed by atoms with E-state index in [1.165, 1.54) is 11.1 Å². The summed E-state index contributed by atoms with van der Waals surface area (Å²) >= 11 is 0. The Bertz CT molecular complexity index is 359. The van der Waals surface area contributed by atoms with Crippen LogP contribution in [0.4, 0.5) is 0 Å². The van der Waals surface area contributed by atoms with E-state index in [0.29, 0.717) is 6.61 Å². The molecular formula is C13H17NO. The largest absolute Gasteiger partial charge is 0.492 e. The zero-order valence-electron chi connectivity index (χ0n) is 9.12. The lowest BCUT2D eigenvalue weighted by molar-refractivity contribution is 0.157. The van der Waals surface area contributed by atoms with E-state index in [1.807, 2.05) is 6.07 Å². The summed E-state index contributed by atoms with van der Waals surface area (Å²) < 4.78 is 5.56. The lowest BCUT2D eigenvalue weighted by Crippen LogP contribution is -2.28. The molecule has 0 saturated heterocycles. The average molecular weight is 203 g/mol. The van der Waals surface area contributed by atoms with Crippen LogP contribution in [0.2, 0.25) is 0 Å². The van der Waals surface area contributed by atoms with E-state index < -0.39 is 0 Å². The first-order valence-corrected chi connectivity index (χ1v) is 5.45. The summed E-state index contributed by atoms with van der Waals surface area (Å²) in [6, 6.07) is 8.54. The molecule has 0 fully saturated rings. The molecule has 0 aromatic heterocycles. The lowest BCUT2D eigenvalue weighted by Gasteiger charge is -2.28. The molecule has 0 amide bonds. The molecular weight excluding hydrogens is 186 g/mol. The maximum atomic E-state index is 5.56. The Hall–Kier alpha value is -1.28. The lowest BCUT2D eigenvalue weighted by atomic mass is 9.97. The molecule has 1 aromatic rings. The molecule has 1 aliphatic heterocycles. The van der Waals surface area contributed by atoms with Gasteiger partial charge in [-0.25, -0.2) is 0 Å².